The number of pyridine rings is 1. The Balaban J connectivity index is 1.86. The number of nitrogens with zero attached hydrogens (tertiary/aromatic N) is 2. The molecule has 1 aromatic rings. The molecule has 0 aliphatic heterocycles. The maximum atomic E-state index is 12.0. The summed E-state index contributed by atoms with van der Waals surface area (Å²) in [6.45, 7) is 0. The quantitative estimate of drug-likeness (QED) is 0.847. The molecule has 1 amide bonds. The molecule has 0 radical (unpaired) electrons. The van der Waals surface area contributed by atoms with Crippen LogP contribution in [0.5, 0.6) is 0 Å². The molecule has 1 heterocycles. The fourth-order valence-corrected chi connectivity index (χ4v) is 2.58. The molecule has 0 spiro atoms. The molecule has 0 aromatic carbocycles. The molecule has 1 aromatic heterocycles. The Bertz CT molecular complexity index is 456. The van der Waals surface area contributed by atoms with Crippen molar-refractivity contribution in [3.05, 3.63) is 30.1 Å². The van der Waals surface area contributed by atoms with Crippen LogP contribution in [0.2, 0.25) is 0 Å². The van der Waals surface area contributed by atoms with Crippen molar-refractivity contribution in [1.29, 1.82) is 0 Å². The lowest BCUT2D eigenvalue weighted by Crippen LogP contribution is -2.27. The third kappa shape index (κ3) is 3.26. The average molecular weight is 263 g/mol. The Labute approximate surface area is 111 Å². The van der Waals surface area contributed by atoms with Crippen molar-refractivity contribution < 1.29 is 4.79 Å². The zero-order valence-corrected chi connectivity index (χ0v) is 11.2. The number of amides is 1. The van der Waals surface area contributed by atoms with Gasteiger partial charge in [0.1, 0.15) is 0 Å². The summed E-state index contributed by atoms with van der Waals surface area (Å²) in [4.78, 5) is 17.9. The van der Waals surface area contributed by atoms with E-state index in [1.807, 2.05) is 13.1 Å². The molecule has 5 heteroatoms. The van der Waals surface area contributed by atoms with Gasteiger partial charge in [0.15, 0.2) is 0 Å². The average Bonchev–Trinajstić information content (AvgIpc) is 2.90. The molecule has 0 saturated heterocycles. The molecule has 0 unspecified atom stereocenters. The highest BCUT2D eigenvalue weighted by atomic mass is 32.2. The van der Waals surface area contributed by atoms with Crippen LogP contribution in [0.1, 0.15) is 19.3 Å². The lowest BCUT2D eigenvalue weighted by Gasteiger charge is -2.18. The fourth-order valence-electron chi connectivity index (χ4n) is 1.83. The van der Waals surface area contributed by atoms with Crippen LogP contribution >= 0.6 is 11.8 Å². The van der Waals surface area contributed by atoms with Crippen LogP contribution in [0.4, 0.5) is 5.69 Å². The number of thioether (sulfide) groups is 1. The second kappa shape index (κ2) is 5.91. The SMILES string of the molecule is CN(C(=O)CSc1ccc(N)cn1)C1=CCCC1. The van der Waals surface area contributed by atoms with E-state index in [4.69, 9.17) is 5.73 Å². The molecule has 0 bridgehead atoms. The summed E-state index contributed by atoms with van der Waals surface area (Å²) in [5.74, 6) is 0.525. The molecule has 4 nitrogen and oxygen atoms in total. The van der Waals surface area contributed by atoms with Gasteiger partial charge in [0.2, 0.25) is 5.91 Å². The zero-order valence-electron chi connectivity index (χ0n) is 10.4. The van der Waals surface area contributed by atoms with Gasteiger partial charge in [-0.3, -0.25) is 4.79 Å². The summed E-state index contributed by atoms with van der Waals surface area (Å²) in [5.41, 5.74) is 7.34. The van der Waals surface area contributed by atoms with Crippen LogP contribution < -0.4 is 5.73 Å². The van der Waals surface area contributed by atoms with Crippen LogP contribution in [0.3, 0.4) is 0 Å². The number of carbonyl (C=O) groups is 1. The van der Waals surface area contributed by atoms with Gasteiger partial charge in [-0.2, -0.15) is 0 Å². The maximum Gasteiger partial charge on any atom is 0.236 e. The lowest BCUT2D eigenvalue weighted by atomic mass is 10.3. The highest BCUT2D eigenvalue weighted by Crippen LogP contribution is 2.22. The van der Waals surface area contributed by atoms with Crippen molar-refractivity contribution in [2.45, 2.75) is 24.3 Å². The van der Waals surface area contributed by atoms with Crippen LogP contribution in [0, 0.1) is 0 Å². The van der Waals surface area contributed by atoms with E-state index in [1.165, 1.54) is 11.8 Å². The van der Waals surface area contributed by atoms with Crippen LogP contribution in [-0.2, 0) is 4.79 Å². The topological polar surface area (TPSA) is 59.2 Å². The molecule has 2 rings (SSSR count). The minimum absolute atomic E-state index is 0.117. The number of hydrogen-bond acceptors (Lipinski definition) is 4. The summed E-state index contributed by atoms with van der Waals surface area (Å²) in [5, 5.41) is 0.825. The Morgan fingerprint density at radius 1 is 1.56 bits per heavy atom. The van der Waals surface area contributed by atoms with E-state index >= 15 is 0 Å². The van der Waals surface area contributed by atoms with E-state index in [1.54, 1.807) is 17.2 Å². The fraction of sp³-hybridized carbons (Fsp3) is 0.385. The summed E-state index contributed by atoms with van der Waals surface area (Å²) in [6.07, 6.45) is 6.99. The van der Waals surface area contributed by atoms with Gasteiger partial charge in [-0.25, -0.2) is 4.98 Å². The van der Waals surface area contributed by atoms with E-state index < -0.39 is 0 Å². The molecular formula is C13H17N3OS. The largest absolute Gasteiger partial charge is 0.397 e. The lowest BCUT2D eigenvalue weighted by molar-refractivity contribution is -0.125. The van der Waals surface area contributed by atoms with Crippen molar-refractivity contribution in [1.82, 2.24) is 9.88 Å². The Hall–Kier alpha value is -1.49. The number of rotatable bonds is 4. The number of carbonyl (C=O) groups excluding carboxylic acids is 1. The molecular weight excluding hydrogens is 246 g/mol. The summed E-state index contributed by atoms with van der Waals surface area (Å²) in [6, 6.07) is 3.63. The minimum atomic E-state index is 0.117. The van der Waals surface area contributed by atoms with Gasteiger partial charge >= 0.3 is 0 Å². The maximum absolute atomic E-state index is 12.0. The van der Waals surface area contributed by atoms with Gasteiger partial charge < -0.3 is 10.6 Å². The molecule has 96 valence electrons. The smallest absolute Gasteiger partial charge is 0.236 e. The number of nitrogen functional groups attached to an aromatic ring is 1. The molecule has 1 aliphatic rings. The summed E-state index contributed by atoms with van der Waals surface area (Å²) >= 11 is 1.44. The first-order valence-corrected chi connectivity index (χ1v) is 6.95. The van der Waals surface area contributed by atoms with Gasteiger partial charge in [0.05, 0.1) is 22.7 Å². The third-order valence-electron chi connectivity index (χ3n) is 2.92. The minimum Gasteiger partial charge on any atom is -0.397 e. The predicted octanol–water partition coefficient (Wildman–Crippen LogP) is 2.28. The van der Waals surface area contributed by atoms with Crippen molar-refractivity contribution in [2.75, 3.05) is 18.5 Å². The molecule has 1 aliphatic carbocycles. The first kappa shape index (κ1) is 13.0. The predicted molar refractivity (Wildman–Crippen MR) is 74.1 cm³/mol. The van der Waals surface area contributed by atoms with Crippen molar-refractivity contribution >= 4 is 23.4 Å². The van der Waals surface area contributed by atoms with Crippen LogP contribution in [0.15, 0.2) is 35.1 Å². The van der Waals surface area contributed by atoms with Gasteiger partial charge in [0.25, 0.3) is 0 Å². The van der Waals surface area contributed by atoms with Gasteiger partial charge in [-0.15, -0.1) is 0 Å². The Morgan fingerprint density at radius 3 is 3.00 bits per heavy atom. The monoisotopic (exact) mass is 263 g/mol. The van der Waals surface area contributed by atoms with E-state index in [2.05, 4.69) is 11.1 Å². The number of nitrogens with two attached hydrogens (primary N) is 1. The second-order valence-electron chi connectivity index (χ2n) is 4.26. The normalized spacial score (nSPS) is 14.4. The first-order chi connectivity index (χ1) is 8.66. The summed E-state index contributed by atoms with van der Waals surface area (Å²) < 4.78 is 0. The second-order valence-corrected chi connectivity index (χ2v) is 5.25. The number of aromatic nitrogens is 1. The molecule has 0 saturated carbocycles. The Morgan fingerprint density at radius 2 is 2.39 bits per heavy atom. The molecule has 18 heavy (non-hydrogen) atoms. The van der Waals surface area contributed by atoms with Gasteiger partial charge in [-0.1, -0.05) is 17.8 Å². The third-order valence-corrected chi connectivity index (χ3v) is 3.85. The van der Waals surface area contributed by atoms with Crippen molar-refractivity contribution in [2.24, 2.45) is 0 Å². The zero-order chi connectivity index (χ0) is 13.0. The summed E-state index contributed by atoms with van der Waals surface area (Å²) in [7, 11) is 1.84. The van der Waals surface area contributed by atoms with Crippen LogP contribution in [-0.4, -0.2) is 28.6 Å². The Kier molecular flexibility index (Phi) is 4.25. The van der Waals surface area contributed by atoms with E-state index in [0.29, 0.717) is 11.4 Å². The van der Waals surface area contributed by atoms with Crippen molar-refractivity contribution in [3.8, 4) is 0 Å². The van der Waals surface area contributed by atoms with E-state index in [9.17, 15) is 4.79 Å². The molecule has 0 atom stereocenters. The highest BCUT2D eigenvalue weighted by Gasteiger charge is 2.16. The number of allylic oxidation sites excluding steroid dienone is 2. The number of hydrogen-bond donors (Lipinski definition) is 1. The standard InChI is InChI=1S/C13H17N3OS/c1-16(11-4-2-3-5-11)13(17)9-18-12-7-6-10(14)8-15-12/h4,6-8H,2-3,5,9,14H2,1H3. The van der Waals surface area contributed by atoms with Crippen LogP contribution in [0.25, 0.3) is 0 Å². The molecule has 0 fully saturated rings. The van der Waals surface area contributed by atoms with Gasteiger partial charge in [0, 0.05) is 12.7 Å². The van der Waals surface area contributed by atoms with E-state index in [0.717, 1.165) is 30.0 Å². The van der Waals surface area contributed by atoms with Crippen molar-refractivity contribution in [3.63, 3.8) is 0 Å². The molecule has 2 N–H and O–H groups in total. The van der Waals surface area contributed by atoms with Gasteiger partial charge in [-0.05, 0) is 31.4 Å². The van der Waals surface area contributed by atoms with E-state index in [-0.39, 0.29) is 5.91 Å². The highest BCUT2D eigenvalue weighted by molar-refractivity contribution is 7.99. The first-order valence-electron chi connectivity index (χ1n) is 5.97. The number of anilines is 1.